The first kappa shape index (κ1) is 43.7. The van der Waals surface area contributed by atoms with Gasteiger partial charge in [0.05, 0.1) is 72.0 Å². The number of hydrogen-bond acceptors (Lipinski definition) is 12. The average Bonchev–Trinajstić information content (AvgIpc) is 3.71. The fourth-order valence-electron chi connectivity index (χ4n) is 10.3. The van der Waals surface area contributed by atoms with Gasteiger partial charge in [0.15, 0.2) is 11.3 Å². The molecule has 3 atom stereocenters. The zero-order chi connectivity index (χ0) is 45.8. The highest BCUT2D eigenvalue weighted by molar-refractivity contribution is 6.08. The second kappa shape index (κ2) is 18.3. The number of piperidine rings is 2. The number of ether oxygens (including phenoxy) is 2. The van der Waals surface area contributed by atoms with Crippen LogP contribution in [0.2, 0.25) is 0 Å². The molecule has 17 nitrogen and oxygen atoms in total. The van der Waals surface area contributed by atoms with E-state index < -0.39 is 36.2 Å². The molecule has 0 bridgehead atoms. The number of carbonyl (C=O) groups excluding carboxylic acids is 3. The van der Waals surface area contributed by atoms with Gasteiger partial charge >= 0.3 is 0 Å². The monoisotopic (exact) mass is 922 g/mol. The van der Waals surface area contributed by atoms with Crippen molar-refractivity contribution >= 4 is 45.8 Å². The molecule has 67 heavy (non-hydrogen) atoms. The van der Waals surface area contributed by atoms with Gasteiger partial charge in [0.1, 0.15) is 24.2 Å². The largest absolute Gasteiger partial charge is 0.378 e. The van der Waals surface area contributed by atoms with Crippen LogP contribution in [0.25, 0.3) is 16.6 Å². The summed E-state index contributed by atoms with van der Waals surface area (Å²) in [6.45, 7) is 4.75. The maximum absolute atomic E-state index is 15.6. The van der Waals surface area contributed by atoms with E-state index in [9.17, 15) is 23.2 Å². The van der Waals surface area contributed by atoms with Crippen LogP contribution in [0.5, 0.6) is 0 Å². The van der Waals surface area contributed by atoms with E-state index in [1.165, 1.54) is 16.9 Å². The fourth-order valence-corrected chi connectivity index (χ4v) is 10.3. The van der Waals surface area contributed by atoms with E-state index in [0.717, 1.165) is 87.8 Å². The summed E-state index contributed by atoms with van der Waals surface area (Å²) >= 11 is 0. The Bertz CT molecular complexity index is 2740. The van der Waals surface area contributed by atoms with E-state index in [0.29, 0.717) is 54.5 Å². The molecule has 352 valence electrons. The zero-order valence-electron chi connectivity index (χ0n) is 37.0. The first-order valence-electron chi connectivity index (χ1n) is 23.5. The van der Waals surface area contributed by atoms with E-state index >= 15 is 4.39 Å². The van der Waals surface area contributed by atoms with Crippen molar-refractivity contribution in [3.63, 3.8) is 0 Å². The molecule has 5 aromatic rings. The maximum Gasteiger partial charge on any atom is 0.284 e. The predicted molar refractivity (Wildman–Crippen MR) is 239 cm³/mol. The number of nitrogens with one attached hydrogen (secondary N) is 3. The summed E-state index contributed by atoms with van der Waals surface area (Å²) in [4.78, 5) is 47.1. The lowest BCUT2D eigenvalue weighted by molar-refractivity contribution is -0.134. The molecule has 3 N–H and O–H groups in total. The van der Waals surface area contributed by atoms with Crippen LogP contribution < -0.4 is 20.9 Å². The highest BCUT2D eigenvalue weighted by Gasteiger charge is 2.37. The Morgan fingerprint density at radius 2 is 1.81 bits per heavy atom. The van der Waals surface area contributed by atoms with Crippen LogP contribution in [0.15, 0.2) is 42.9 Å². The van der Waals surface area contributed by atoms with Crippen molar-refractivity contribution in [1.29, 1.82) is 0 Å². The van der Waals surface area contributed by atoms with Crippen LogP contribution in [0, 0.1) is 17.8 Å². The fraction of sp³-hybridized carbons (Fsp3) is 0.553. The number of benzene rings is 1. The lowest BCUT2D eigenvalue weighted by atomic mass is 9.85. The number of rotatable bonds is 13. The third-order valence-corrected chi connectivity index (χ3v) is 14.2. The van der Waals surface area contributed by atoms with Crippen LogP contribution in [0.1, 0.15) is 110 Å². The molecule has 4 aliphatic heterocycles. The summed E-state index contributed by atoms with van der Waals surface area (Å²) < 4.78 is 60.5. The van der Waals surface area contributed by atoms with Gasteiger partial charge < -0.3 is 25.0 Å². The molecule has 4 saturated heterocycles. The second-order valence-electron chi connectivity index (χ2n) is 18.9. The number of fused-ring (bicyclic) bond motifs is 2. The minimum atomic E-state index is -2.90. The van der Waals surface area contributed by atoms with Crippen LogP contribution in [-0.4, -0.2) is 134 Å². The average molecular weight is 923 g/mol. The van der Waals surface area contributed by atoms with Crippen molar-refractivity contribution in [2.24, 2.45) is 5.92 Å². The summed E-state index contributed by atoms with van der Waals surface area (Å²) in [6, 6.07) is 8.45. The van der Waals surface area contributed by atoms with Crippen LogP contribution >= 0.6 is 0 Å². The number of hydrogen-bond donors (Lipinski definition) is 3. The van der Waals surface area contributed by atoms with Gasteiger partial charge in [-0.3, -0.25) is 34.0 Å². The first-order valence-corrected chi connectivity index (χ1v) is 23.5. The summed E-state index contributed by atoms with van der Waals surface area (Å²) in [7, 11) is 0. The zero-order valence-corrected chi connectivity index (χ0v) is 37.0. The van der Waals surface area contributed by atoms with E-state index in [1.807, 2.05) is 28.9 Å². The highest BCUT2D eigenvalue weighted by atomic mass is 19.3. The van der Waals surface area contributed by atoms with Crippen molar-refractivity contribution in [1.82, 2.24) is 49.7 Å². The van der Waals surface area contributed by atoms with Gasteiger partial charge in [-0.15, -0.1) is 0 Å². The maximum atomic E-state index is 15.6. The van der Waals surface area contributed by atoms with Crippen molar-refractivity contribution in [2.75, 3.05) is 62.8 Å². The van der Waals surface area contributed by atoms with Gasteiger partial charge in [0.25, 0.3) is 12.3 Å². The molecule has 1 unspecified atom stereocenters. The third kappa shape index (κ3) is 9.01. The summed E-state index contributed by atoms with van der Waals surface area (Å²) in [5.41, 5.74) is 2.28. The molecule has 0 radical (unpaired) electrons. The second-order valence-corrected chi connectivity index (χ2v) is 18.9. The molecular weight excluding hydrogens is 870 g/mol. The molecule has 6 aliphatic rings. The van der Waals surface area contributed by atoms with Gasteiger partial charge in [-0.25, -0.2) is 22.7 Å². The van der Waals surface area contributed by atoms with Crippen molar-refractivity contribution in [2.45, 2.75) is 107 Å². The molecule has 20 heteroatoms. The number of nitrogens with zero attached hydrogens (tertiary/aromatic N) is 9. The predicted octanol–water partition coefficient (Wildman–Crippen LogP) is 4.71. The van der Waals surface area contributed by atoms with Crippen LogP contribution in [0.3, 0.4) is 0 Å². The van der Waals surface area contributed by atoms with Crippen LogP contribution in [-0.2, 0) is 19.1 Å². The Labute approximate surface area is 384 Å². The number of likely N-dealkylation sites (tertiary alicyclic amines) is 1. The Morgan fingerprint density at radius 3 is 2.55 bits per heavy atom. The molecule has 4 aromatic heterocycles. The number of alkyl halides is 3. The van der Waals surface area contributed by atoms with E-state index in [1.54, 1.807) is 10.9 Å². The standard InChI is InChI=1S/C47H53F3N12O5/c48-36-23-58(16-14-38(36)67-18-2-4-28-3-1-5-33-41(34-12-13-40(63)55-46(34)64)57-62(43(28)33)32-10-11-32)20-27-6-8-31(9-7-27)61-24-37(42(56-61)44(49)50)53-47(65)35-19-51-60-17-15-39(54-45(35)60)59-21-29(22-59)52-30-25-66-26-30/h1,3,5,15,17,19,24,27,29-32,34,36,38,44,52H,6-14,16,18,20-23,25-26H2,(H,53,65)(H,55,63,64)/t27?,31?,34?,36-,38+/m0/s1. The van der Waals surface area contributed by atoms with Crippen molar-refractivity contribution < 1.29 is 37.0 Å². The van der Waals surface area contributed by atoms with Crippen molar-refractivity contribution in [3.8, 4) is 11.8 Å². The summed E-state index contributed by atoms with van der Waals surface area (Å²) in [5, 5.41) is 22.9. The highest BCUT2D eigenvalue weighted by Crippen LogP contribution is 2.41. The molecule has 6 fully saturated rings. The molecule has 2 saturated carbocycles. The number of anilines is 2. The molecule has 1 aromatic carbocycles. The first-order chi connectivity index (χ1) is 32.6. The molecular formula is C47H53F3N12O5. The number of aromatic nitrogens is 7. The number of amides is 3. The molecule has 2 aliphatic carbocycles. The van der Waals surface area contributed by atoms with E-state index in [-0.39, 0.29) is 54.7 Å². The molecule has 3 amide bonds. The smallest absolute Gasteiger partial charge is 0.284 e. The van der Waals surface area contributed by atoms with E-state index in [2.05, 4.69) is 47.8 Å². The number of carbonyl (C=O) groups is 3. The Hall–Kier alpha value is -5.88. The molecule has 8 heterocycles. The Morgan fingerprint density at radius 1 is 0.985 bits per heavy atom. The molecule has 11 rings (SSSR count). The number of imide groups is 1. The number of para-hydroxylation sites is 1. The van der Waals surface area contributed by atoms with Gasteiger partial charge in [0.2, 0.25) is 11.8 Å². The number of halogens is 3. The lowest BCUT2D eigenvalue weighted by Crippen LogP contribution is -2.63. The minimum absolute atomic E-state index is 0.0432. The molecule has 0 spiro atoms. The Kier molecular flexibility index (Phi) is 11.9. The van der Waals surface area contributed by atoms with Gasteiger partial charge in [-0.1, -0.05) is 24.0 Å². The Balaban J connectivity index is 0.659. The van der Waals surface area contributed by atoms with Gasteiger partial charge in [-0.05, 0) is 69.4 Å². The lowest BCUT2D eigenvalue weighted by Gasteiger charge is -2.43. The van der Waals surface area contributed by atoms with Gasteiger partial charge in [-0.2, -0.15) is 15.3 Å². The topological polar surface area (TPSA) is 178 Å². The SMILES string of the molecule is O=C1CCC(c2nn(C3CC3)c3c(C#CCO[C@@H]4CCN(CC5CCC(n6cc(NC(=O)c7cnn8ccc(N9CC(NC%10COC%10)C9)nc78)c(C(F)F)n6)CC5)C[C@@H]4F)cccc23)C(=O)N1. The van der Waals surface area contributed by atoms with Gasteiger partial charge in [0, 0.05) is 63.0 Å². The van der Waals surface area contributed by atoms with Crippen molar-refractivity contribution in [3.05, 3.63) is 65.4 Å². The summed E-state index contributed by atoms with van der Waals surface area (Å²) in [5.74, 6) is 5.67. The van der Waals surface area contributed by atoms with Crippen LogP contribution in [0.4, 0.5) is 24.7 Å². The third-order valence-electron chi connectivity index (χ3n) is 14.2. The summed E-state index contributed by atoms with van der Waals surface area (Å²) in [6.07, 6.45) is 6.31. The normalized spacial score (nSPS) is 25.3. The minimum Gasteiger partial charge on any atom is -0.378 e. The van der Waals surface area contributed by atoms with E-state index in [4.69, 9.17) is 19.6 Å². The quantitative estimate of drug-likeness (QED) is 0.110.